The average molecular weight is 890 g/mol. The molecule has 3 aliphatic heterocycles. The molecule has 0 saturated carbocycles. The number of nitrogens with zero attached hydrogens (tertiary/aromatic N) is 3. The highest BCUT2D eigenvalue weighted by molar-refractivity contribution is 6.12. The number of cyclic esters (lactones) is 1. The molecule has 0 aromatic carbocycles. The number of rotatable bonds is 21. The Kier molecular flexibility index (Phi) is 21.6. The van der Waals surface area contributed by atoms with Gasteiger partial charge in [-0.15, -0.1) is 0 Å². The maximum atomic E-state index is 14.0. The number of hydrogen-bond donors (Lipinski definition) is 4. The van der Waals surface area contributed by atoms with Gasteiger partial charge in [-0.1, -0.05) is 51.0 Å². The molecule has 4 unspecified atom stereocenters. The van der Waals surface area contributed by atoms with Crippen molar-refractivity contribution < 1.29 is 63.3 Å². The Morgan fingerprint density at radius 2 is 1.73 bits per heavy atom. The number of piperazine rings is 1. The minimum Gasteiger partial charge on any atom is -0.481 e. The van der Waals surface area contributed by atoms with Crippen molar-refractivity contribution in [1.82, 2.24) is 14.7 Å². The van der Waals surface area contributed by atoms with Crippen LogP contribution in [0.1, 0.15) is 119 Å². The van der Waals surface area contributed by atoms with E-state index in [-0.39, 0.29) is 68.7 Å². The zero-order chi connectivity index (χ0) is 46.9. The van der Waals surface area contributed by atoms with Crippen LogP contribution >= 0.6 is 0 Å². The number of methoxy groups -OCH3 is 1. The van der Waals surface area contributed by atoms with E-state index >= 15 is 0 Å². The molecule has 1 saturated heterocycles. The first kappa shape index (κ1) is 53.4. The Labute approximate surface area is 373 Å². The summed E-state index contributed by atoms with van der Waals surface area (Å²) in [5, 5.41) is 41.6. The van der Waals surface area contributed by atoms with Crippen LogP contribution in [-0.4, -0.2) is 159 Å². The molecule has 3 rings (SSSR count). The summed E-state index contributed by atoms with van der Waals surface area (Å²) >= 11 is 0. The lowest BCUT2D eigenvalue weighted by Gasteiger charge is -2.42. The standard InChI is InChI=1S/C47H75N3O13/c1-9-38(52)35(5)61-34(4)30-46(6,59)23-14-15-32(2)44-33(3)16-18-39(47(7,60-8)24-22-37(51)29-43(57)63-44)62-45(58)49-28-27-48(36(31-49)17-21-42(55)56)25-12-10-11-13-26-50-40(53)19-20-41(50)54/h14-16,18-20,23,33-39,44,51-52,59H,9-13,17,21-22,24-31H2,1-8H3,(H,55,56)/b18-16+,23-14+,32-15+/t33-,34?,35?,36?,37?,38-,39-,44+,46-,47+/m0/s1. The highest BCUT2D eigenvalue weighted by Crippen LogP contribution is 2.30. The number of ether oxygens (including phenoxy) is 4. The van der Waals surface area contributed by atoms with Gasteiger partial charge in [0, 0.05) is 70.2 Å². The van der Waals surface area contributed by atoms with Crippen molar-refractivity contribution in [2.24, 2.45) is 5.92 Å². The first-order valence-electron chi connectivity index (χ1n) is 22.7. The predicted molar refractivity (Wildman–Crippen MR) is 236 cm³/mol. The molecule has 3 aliphatic rings. The molecule has 63 heavy (non-hydrogen) atoms. The molecule has 0 radical (unpaired) electrons. The topological polar surface area (TPSA) is 213 Å². The smallest absolute Gasteiger partial charge is 0.410 e. The van der Waals surface area contributed by atoms with Gasteiger partial charge in [-0.3, -0.25) is 29.0 Å². The lowest BCUT2D eigenvalue weighted by molar-refractivity contribution is -0.151. The summed E-state index contributed by atoms with van der Waals surface area (Å²) in [5.41, 5.74) is -1.66. The number of aliphatic hydroxyl groups is 3. The Balaban J connectivity index is 1.73. The first-order valence-corrected chi connectivity index (χ1v) is 22.7. The van der Waals surface area contributed by atoms with Crippen molar-refractivity contribution in [2.75, 3.05) is 39.8 Å². The molecule has 0 spiro atoms. The molecular formula is C47H75N3O13. The summed E-state index contributed by atoms with van der Waals surface area (Å²) < 4.78 is 24.0. The number of amides is 3. The number of aliphatic hydroxyl groups excluding tert-OH is 2. The first-order chi connectivity index (χ1) is 29.7. The monoisotopic (exact) mass is 890 g/mol. The minimum atomic E-state index is -1.24. The van der Waals surface area contributed by atoms with E-state index < -0.39 is 59.6 Å². The quantitative estimate of drug-likeness (QED) is 0.0389. The van der Waals surface area contributed by atoms with Crippen molar-refractivity contribution >= 4 is 29.8 Å². The number of carbonyl (C=O) groups is 5. The highest BCUT2D eigenvalue weighted by atomic mass is 16.6. The van der Waals surface area contributed by atoms with Crippen LogP contribution in [0.15, 0.2) is 48.1 Å². The van der Waals surface area contributed by atoms with E-state index in [1.807, 2.05) is 26.8 Å². The summed E-state index contributed by atoms with van der Waals surface area (Å²) in [4.78, 5) is 67.4. The molecule has 10 atom stereocenters. The summed E-state index contributed by atoms with van der Waals surface area (Å²) in [6, 6.07) is -0.215. The molecule has 356 valence electrons. The van der Waals surface area contributed by atoms with Gasteiger partial charge in [0.15, 0.2) is 6.10 Å². The van der Waals surface area contributed by atoms with Crippen molar-refractivity contribution in [2.45, 2.75) is 173 Å². The normalized spacial score (nSPS) is 28.5. The van der Waals surface area contributed by atoms with Gasteiger partial charge in [0.25, 0.3) is 11.8 Å². The maximum Gasteiger partial charge on any atom is 0.410 e. The Hall–Kier alpha value is -3.93. The molecule has 0 aromatic rings. The van der Waals surface area contributed by atoms with E-state index in [4.69, 9.17) is 18.9 Å². The summed E-state index contributed by atoms with van der Waals surface area (Å²) in [6.45, 7) is 14.9. The van der Waals surface area contributed by atoms with E-state index in [1.54, 1.807) is 56.9 Å². The lowest BCUT2D eigenvalue weighted by atomic mass is 9.88. The van der Waals surface area contributed by atoms with Gasteiger partial charge in [-0.25, -0.2) is 4.79 Å². The van der Waals surface area contributed by atoms with Crippen molar-refractivity contribution in [1.29, 1.82) is 0 Å². The van der Waals surface area contributed by atoms with E-state index in [1.165, 1.54) is 24.2 Å². The number of imide groups is 1. The van der Waals surface area contributed by atoms with Crippen molar-refractivity contribution in [3.05, 3.63) is 48.1 Å². The van der Waals surface area contributed by atoms with Gasteiger partial charge in [0.05, 0.1) is 36.4 Å². The van der Waals surface area contributed by atoms with Crippen LogP contribution in [0.4, 0.5) is 4.79 Å². The van der Waals surface area contributed by atoms with Crippen LogP contribution in [0.5, 0.6) is 0 Å². The molecule has 0 bridgehead atoms. The van der Waals surface area contributed by atoms with Gasteiger partial charge in [-0.2, -0.15) is 0 Å². The summed E-state index contributed by atoms with van der Waals surface area (Å²) in [6.07, 6.45) is 11.1. The molecule has 0 aromatic heterocycles. The molecule has 16 nitrogen and oxygen atoms in total. The van der Waals surface area contributed by atoms with Crippen LogP contribution < -0.4 is 0 Å². The second-order valence-corrected chi connectivity index (χ2v) is 18.0. The number of unbranched alkanes of at least 4 members (excludes halogenated alkanes) is 3. The number of allylic oxidation sites excluding steroid dienone is 2. The summed E-state index contributed by atoms with van der Waals surface area (Å²) in [7, 11) is 1.51. The lowest BCUT2D eigenvalue weighted by Crippen LogP contribution is -2.56. The second kappa shape index (κ2) is 25.5. The van der Waals surface area contributed by atoms with Crippen LogP contribution in [0.25, 0.3) is 0 Å². The third-order valence-electron chi connectivity index (χ3n) is 12.4. The molecule has 3 amide bonds. The third kappa shape index (κ3) is 17.5. The Bertz CT molecular complexity index is 1630. The fourth-order valence-electron chi connectivity index (χ4n) is 8.34. The number of carbonyl (C=O) groups excluding carboxylic acids is 4. The molecule has 16 heteroatoms. The number of esters is 1. The predicted octanol–water partition coefficient (Wildman–Crippen LogP) is 5.09. The summed E-state index contributed by atoms with van der Waals surface area (Å²) in [5.74, 6) is -2.50. The van der Waals surface area contributed by atoms with Gasteiger partial charge in [0.1, 0.15) is 11.7 Å². The molecular weight excluding hydrogens is 815 g/mol. The van der Waals surface area contributed by atoms with Gasteiger partial charge in [0.2, 0.25) is 0 Å². The average Bonchev–Trinajstić information content (AvgIpc) is 3.55. The molecule has 4 N–H and O–H groups in total. The Morgan fingerprint density at radius 1 is 1.06 bits per heavy atom. The van der Waals surface area contributed by atoms with Crippen molar-refractivity contribution in [3.63, 3.8) is 0 Å². The van der Waals surface area contributed by atoms with E-state index in [0.29, 0.717) is 51.0 Å². The molecule has 0 aliphatic carbocycles. The largest absolute Gasteiger partial charge is 0.481 e. The van der Waals surface area contributed by atoms with E-state index in [9.17, 15) is 44.4 Å². The van der Waals surface area contributed by atoms with Gasteiger partial charge >= 0.3 is 18.0 Å². The fraction of sp³-hybridized carbons (Fsp3) is 0.723. The zero-order valence-electron chi connectivity index (χ0n) is 38.8. The van der Waals surface area contributed by atoms with Crippen molar-refractivity contribution in [3.8, 4) is 0 Å². The van der Waals surface area contributed by atoms with Crippen LogP contribution in [0.3, 0.4) is 0 Å². The van der Waals surface area contributed by atoms with Crippen LogP contribution in [-0.2, 0) is 38.1 Å². The number of aliphatic carboxylic acids is 1. The van der Waals surface area contributed by atoms with Gasteiger partial charge < -0.3 is 44.3 Å². The number of carboxylic acid groups (broad SMARTS) is 1. The van der Waals surface area contributed by atoms with Gasteiger partial charge in [-0.05, 0) is 91.3 Å². The second-order valence-electron chi connectivity index (χ2n) is 18.0. The third-order valence-corrected chi connectivity index (χ3v) is 12.4. The van der Waals surface area contributed by atoms with Crippen LogP contribution in [0.2, 0.25) is 0 Å². The molecule has 1 fully saturated rings. The fourth-order valence-corrected chi connectivity index (χ4v) is 8.34. The Morgan fingerprint density at radius 3 is 2.37 bits per heavy atom. The highest BCUT2D eigenvalue weighted by Gasteiger charge is 2.40. The minimum absolute atomic E-state index is 0.0591. The van der Waals surface area contributed by atoms with E-state index in [2.05, 4.69) is 4.90 Å². The SMILES string of the molecule is CC[C@H](O)C(C)OC(C)C[C@@](C)(O)/C=C/C=C(\C)[C@H]1OC(=O)CC(O)CC[C@@](C)(OC)[C@@H](OC(=O)N2CCN(CCCCCCN3C(=O)C=CC3=O)C(CCC(=O)O)C2)/C=C/[C@@H]1C. The number of hydrogen-bond acceptors (Lipinski definition) is 13. The van der Waals surface area contributed by atoms with Crippen LogP contribution in [0, 0.1) is 5.92 Å². The zero-order valence-corrected chi connectivity index (χ0v) is 38.8. The van der Waals surface area contributed by atoms with E-state index in [0.717, 1.165) is 19.3 Å². The number of carboxylic acids is 1. The molecule has 3 heterocycles. The maximum absolute atomic E-state index is 14.0.